The Hall–Kier alpha value is -0.970. The number of ether oxygens (including phenoxy) is 1. The molecule has 1 aromatic rings. The van der Waals surface area contributed by atoms with Gasteiger partial charge in [0.05, 0.1) is 16.1 Å². The molecule has 1 unspecified atom stereocenters. The summed E-state index contributed by atoms with van der Waals surface area (Å²) in [6.45, 7) is 4.18. The van der Waals surface area contributed by atoms with E-state index in [1.165, 1.54) is 0 Å². The van der Waals surface area contributed by atoms with Gasteiger partial charge in [-0.3, -0.25) is 4.79 Å². The average molecular weight is 320 g/mol. The summed E-state index contributed by atoms with van der Waals surface area (Å²) in [7, 11) is 0. The van der Waals surface area contributed by atoms with Gasteiger partial charge in [0, 0.05) is 12.6 Å². The summed E-state index contributed by atoms with van der Waals surface area (Å²) in [5, 5.41) is 13.1. The number of amides is 1. The number of aliphatic hydroxyl groups is 1. The molecule has 6 heteroatoms. The average Bonchev–Trinajstić information content (AvgIpc) is 2.40. The summed E-state index contributed by atoms with van der Waals surface area (Å²) < 4.78 is 5.29. The first-order valence-electron chi connectivity index (χ1n) is 6.42. The summed E-state index contributed by atoms with van der Waals surface area (Å²) >= 11 is 11.6. The van der Waals surface area contributed by atoms with E-state index in [4.69, 9.17) is 27.9 Å². The zero-order chi connectivity index (χ0) is 15.1. The van der Waals surface area contributed by atoms with E-state index in [9.17, 15) is 9.90 Å². The third-order valence-corrected chi connectivity index (χ3v) is 3.53. The highest BCUT2D eigenvalue weighted by Gasteiger charge is 2.10. The molecule has 4 nitrogen and oxygen atoms in total. The van der Waals surface area contributed by atoms with Gasteiger partial charge in [0.15, 0.2) is 6.61 Å². The van der Waals surface area contributed by atoms with E-state index in [-0.39, 0.29) is 18.4 Å². The van der Waals surface area contributed by atoms with E-state index in [1.54, 1.807) is 18.2 Å². The molecule has 112 valence electrons. The van der Waals surface area contributed by atoms with Crippen LogP contribution in [0.25, 0.3) is 0 Å². The monoisotopic (exact) mass is 319 g/mol. The molecule has 0 radical (unpaired) electrons. The predicted octanol–water partition coefficient (Wildman–Crippen LogP) is 2.90. The van der Waals surface area contributed by atoms with Crippen molar-refractivity contribution in [1.29, 1.82) is 0 Å². The molecule has 0 saturated heterocycles. The summed E-state index contributed by atoms with van der Waals surface area (Å²) in [4.78, 5) is 11.5. The van der Waals surface area contributed by atoms with Gasteiger partial charge < -0.3 is 15.2 Å². The summed E-state index contributed by atoms with van der Waals surface area (Å²) in [6, 6.07) is 4.81. The van der Waals surface area contributed by atoms with Gasteiger partial charge in [-0.25, -0.2) is 0 Å². The molecule has 0 bridgehead atoms. The van der Waals surface area contributed by atoms with E-state index in [0.29, 0.717) is 28.8 Å². The number of halogens is 2. The van der Waals surface area contributed by atoms with E-state index in [0.717, 1.165) is 0 Å². The van der Waals surface area contributed by atoms with Gasteiger partial charge in [-0.2, -0.15) is 0 Å². The molecule has 0 spiro atoms. The molecular weight excluding hydrogens is 301 g/mol. The van der Waals surface area contributed by atoms with Crippen LogP contribution in [-0.2, 0) is 4.79 Å². The Bertz CT molecular complexity index is 452. The minimum Gasteiger partial charge on any atom is -0.484 e. The fraction of sp³-hybridized carbons (Fsp3) is 0.500. The largest absolute Gasteiger partial charge is 0.484 e. The van der Waals surface area contributed by atoms with Crippen molar-refractivity contribution in [1.82, 2.24) is 5.32 Å². The third kappa shape index (κ3) is 5.99. The number of nitrogens with one attached hydrogen (secondary N) is 1. The van der Waals surface area contributed by atoms with Crippen LogP contribution >= 0.6 is 23.2 Å². The molecule has 0 heterocycles. The molecule has 1 aromatic carbocycles. The molecular formula is C14H19Cl2NO3. The highest BCUT2D eigenvalue weighted by atomic mass is 35.5. The molecule has 2 N–H and O–H groups in total. The molecule has 0 saturated carbocycles. The zero-order valence-electron chi connectivity index (χ0n) is 11.5. The smallest absolute Gasteiger partial charge is 0.257 e. The lowest BCUT2D eigenvalue weighted by Crippen LogP contribution is -2.32. The normalized spacial score (nSPS) is 12.3. The van der Waals surface area contributed by atoms with E-state index < -0.39 is 6.10 Å². The van der Waals surface area contributed by atoms with E-state index in [2.05, 4.69) is 5.32 Å². The summed E-state index contributed by atoms with van der Waals surface area (Å²) in [6.07, 6.45) is 0.113. The molecule has 0 aliphatic rings. The Morgan fingerprint density at radius 2 is 2.05 bits per heavy atom. The highest BCUT2D eigenvalue weighted by molar-refractivity contribution is 6.42. The number of rotatable bonds is 7. The van der Waals surface area contributed by atoms with Crippen molar-refractivity contribution in [2.45, 2.75) is 26.4 Å². The molecule has 0 aromatic heterocycles. The van der Waals surface area contributed by atoms with Crippen molar-refractivity contribution in [3.8, 4) is 5.75 Å². The first kappa shape index (κ1) is 17.1. The van der Waals surface area contributed by atoms with Crippen molar-refractivity contribution in [2.24, 2.45) is 5.92 Å². The van der Waals surface area contributed by atoms with Crippen LogP contribution in [0.1, 0.15) is 20.3 Å². The van der Waals surface area contributed by atoms with Gasteiger partial charge in [-0.1, -0.05) is 37.0 Å². The Kier molecular flexibility index (Phi) is 7.13. The Balaban J connectivity index is 2.27. The van der Waals surface area contributed by atoms with Gasteiger partial charge in [-0.15, -0.1) is 0 Å². The topological polar surface area (TPSA) is 58.6 Å². The minimum absolute atomic E-state index is 0.101. The Morgan fingerprint density at radius 3 is 2.65 bits per heavy atom. The van der Waals surface area contributed by atoms with Crippen LogP contribution in [0.5, 0.6) is 5.75 Å². The summed E-state index contributed by atoms with van der Waals surface area (Å²) in [5.41, 5.74) is 0. The lowest BCUT2D eigenvalue weighted by Gasteiger charge is -2.14. The molecule has 1 atom stereocenters. The lowest BCUT2D eigenvalue weighted by atomic mass is 10.0. The fourth-order valence-electron chi connectivity index (χ4n) is 1.46. The van der Waals surface area contributed by atoms with Gasteiger partial charge >= 0.3 is 0 Å². The fourth-order valence-corrected chi connectivity index (χ4v) is 1.75. The second kappa shape index (κ2) is 8.35. The molecule has 1 amide bonds. The molecule has 1 rings (SSSR count). The Morgan fingerprint density at radius 1 is 1.35 bits per heavy atom. The number of hydrogen-bond acceptors (Lipinski definition) is 3. The number of hydrogen-bond donors (Lipinski definition) is 2. The molecule has 0 aliphatic carbocycles. The molecule has 0 aliphatic heterocycles. The maximum absolute atomic E-state index is 11.5. The number of benzene rings is 1. The van der Waals surface area contributed by atoms with Gasteiger partial charge in [0.25, 0.3) is 5.91 Å². The first-order chi connectivity index (χ1) is 9.40. The van der Waals surface area contributed by atoms with E-state index >= 15 is 0 Å². The van der Waals surface area contributed by atoms with Crippen LogP contribution in [0.4, 0.5) is 0 Å². The van der Waals surface area contributed by atoms with Gasteiger partial charge in [0.2, 0.25) is 0 Å². The third-order valence-electron chi connectivity index (χ3n) is 2.79. The lowest BCUT2D eigenvalue weighted by molar-refractivity contribution is -0.123. The predicted molar refractivity (Wildman–Crippen MR) is 80.4 cm³/mol. The number of carbonyl (C=O) groups is 1. The van der Waals surface area contributed by atoms with Crippen molar-refractivity contribution >= 4 is 29.1 Å². The quantitative estimate of drug-likeness (QED) is 0.812. The number of aliphatic hydroxyl groups excluding tert-OH is 1. The minimum atomic E-state index is -0.411. The van der Waals surface area contributed by atoms with Crippen LogP contribution < -0.4 is 10.1 Å². The maximum atomic E-state index is 11.5. The van der Waals surface area contributed by atoms with Crippen LogP contribution in [0, 0.1) is 5.92 Å². The van der Waals surface area contributed by atoms with Crippen LogP contribution in [0.3, 0.4) is 0 Å². The van der Waals surface area contributed by atoms with Crippen LogP contribution in [0.15, 0.2) is 18.2 Å². The van der Waals surface area contributed by atoms with Crippen LogP contribution in [-0.4, -0.2) is 30.3 Å². The molecule has 0 fully saturated rings. The zero-order valence-corrected chi connectivity index (χ0v) is 13.0. The first-order valence-corrected chi connectivity index (χ1v) is 7.18. The standard InChI is InChI=1S/C14H19Cl2NO3/c1-9(2)13(18)5-6-17-14(19)8-20-10-3-4-11(15)12(16)7-10/h3-4,7,9,13,18H,5-6,8H2,1-2H3,(H,17,19). The van der Waals surface area contributed by atoms with Crippen molar-refractivity contribution in [3.63, 3.8) is 0 Å². The van der Waals surface area contributed by atoms with E-state index in [1.807, 2.05) is 13.8 Å². The summed E-state index contributed by atoms with van der Waals surface area (Å²) in [5.74, 6) is 0.420. The SMILES string of the molecule is CC(C)C(O)CCNC(=O)COc1ccc(Cl)c(Cl)c1. The Labute approximate surface area is 129 Å². The van der Waals surface area contributed by atoms with Gasteiger partial charge in [-0.05, 0) is 24.5 Å². The van der Waals surface area contributed by atoms with Crippen molar-refractivity contribution < 1.29 is 14.6 Å². The highest BCUT2D eigenvalue weighted by Crippen LogP contribution is 2.26. The van der Waals surface area contributed by atoms with Gasteiger partial charge in [0.1, 0.15) is 5.75 Å². The van der Waals surface area contributed by atoms with Crippen molar-refractivity contribution in [2.75, 3.05) is 13.2 Å². The van der Waals surface area contributed by atoms with Crippen LogP contribution in [0.2, 0.25) is 10.0 Å². The second-order valence-electron chi connectivity index (χ2n) is 4.81. The second-order valence-corrected chi connectivity index (χ2v) is 5.63. The maximum Gasteiger partial charge on any atom is 0.257 e. The number of carbonyl (C=O) groups excluding carboxylic acids is 1. The molecule has 20 heavy (non-hydrogen) atoms. The van der Waals surface area contributed by atoms with Crippen molar-refractivity contribution in [3.05, 3.63) is 28.2 Å².